The summed E-state index contributed by atoms with van der Waals surface area (Å²) >= 11 is 0. The van der Waals surface area contributed by atoms with Crippen LogP contribution in [-0.4, -0.2) is 0 Å². The molecular formula is C24H26N+. The summed E-state index contributed by atoms with van der Waals surface area (Å²) in [7, 11) is 0. The molecule has 0 radical (unpaired) electrons. The molecule has 1 aliphatic heterocycles. The summed E-state index contributed by atoms with van der Waals surface area (Å²) in [6.45, 7) is 10.1. The lowest BCUT2D eigenvalue weighted by Gasteiger charge is -2.15. The molecule has 0 atom stereocenters. The fraction of sp³-hybridized carbons (Fsp3) is 0.292. The van der Waals surface area contributed by atoms with Crippen molar-refractivity contribution in [1.82, 2.24) is 0 Å². The van der Waals surface area contributed by atoms with Crippen molar-refractivity contribution in [2.24, 2.45) is 0 Å². The molecule has 2 aromatic carbocycles. The van der Waals surface area contributed by atoms with E-state index in [9.17, 15) is 0 Å². The summed E-state index contributed by atoms with van der Waals surface area (Å²) in [5, 5.41) is 0. The van der Waals surface area contributed by atoms with Crippen LogP contribution in [0.3, 0.4) is 0 Å². The van der Waals surface area contributed by atoms with Crippen molar-refractivity contribution < 1.29 is 4.57 Å². The van der Waals surface area contributed by atoms with Crippen LogP contribution in [0.4, 0.5) is 0 Å². The Bertz CT molecular complexity index is 908. The Labute approximate surface area is 151 Å². The highest BCUT2D eigenvalue weighted by Crippen LogP contribution is 2.34. The predicted octanol–water partition coefficient (Wildman–Crippen LogP) is 5.92. The molecule has 1 aromatic heterocycles. The molecule has 4 rings (SSSR count). The Balaban J connectivity index is 1.85. The molecule has 1 aliphatic rings. The Morgan fingerprint density at radius 3 is 2.16 bits per heavy atom. The van der Waals surface area contributed by atoms with Gasteiger partial charge in [0.15, 0.2) is 12.7 Å². The van der Waals surface area contributed by atoms with Gasteiger partial charge in [-0.2, -0.15) is 4.57 Å². The van der Waals surface area contributed by atoms with Crippen molar-refractivity contribution in [3.8, 4) is 22.4 Å². The molecule has 0 saturated heterocycles. The van der Waals surface area contributed by atoms with Gasteiger partial charge in [0.2, 0.25) is 5.69 Å². The summed E-state index contributed by atoms with van der Waals surface area (Å²) in [4.78, 5) is 0. The average molecular weight is 328 g/mol. The number of hydrogen-bond donors (Lipinski definition) is 0. The fourth-order valence-electron chi connectivity index (χ4n) is 3.68. The third-order valence-electron chi connectivity index (χ3n) is 5.31. The third kappa shape index (κ3) is 2.89. The average Bonchev–Trinajstić information content (AvgIpc) is 2.99. The van der Waals surface area contributed by atoms with Gasteiger partial charge in [-0.05, 0) is 46.2 Å². The lowest BCUT2D eigenvalue weighted by Crippen LogP contribution is -2.31. The molecule has 0 spiro atoms. The first-order valence-corrected chi connectivity index (χ1v) is 9.30. The maximum atomic E-state index is 2.37. The van der Waals surface area contributed by atoms with E-state index in [0.29, 0.717) is 11.8 Å². The number of rotatable bonds is 3. The van der Waals surface area contributed by atoms with E-state index >= 15 is 0 Å². The molecule has 3 aromatic rings. The van der Waals surface area contributed by atoms with Gasteiger partial charge in [-0.15, -0.1) is 0 Å². The molecule has 0 fully saturated rings. The lowest BCUT2D eigenvalue weighted by molar-refractivity contribution is -0.672. The Morgan fingerprint density at radius 2 is 1.48 bits per heavy atom. The van der Waals surface area contributed by atoms with Crippen LogP contribution >= 0.6 is 0 Å². The van der Waals surface area contributed by atoms with Gasteiger partial charge >= 0.3 is 0 Å². The third-order valence-corrected chi connectivity index (χ3v) is 5.31. The molecule has 0 saturated carbocycles. The molecule has 0 N–H and O–H groups in total. The zero-order valence-electron chi connectivity index (χ0n) is 15.6. The zero-order valence-corrected chi connectivity index (χ0v) is 15.6. The van der Waals surface area contributed by atoms with Gasteiger partial charge in [-0.1, -0.05) is 58.0 Å². The van der Waals surface area contributed by atoms with E-state index in [2.05, 4.69) is 93.1 Å². The van der Waals surface area contributed by atoms with Crippen LogP contribution in [0, 0.1) is 0 Å². The number of benzene rings is 2. The highest BCUT2D eigenvalue weighted by atomic mass is 15.0. The maximum absolute atomic E-state index is 2.37. The van der Waals surface area contributed by atoms with Gasteiger partial charge in [0.1, 0.15) is 0 Å². The van der Waals surface area contributed by atoms with Crippen LogP contribution in [0.25, 0.3) is 22.4 Å². The van der Waals surface area contributed by atoms with E-state index in [1.165, 1.54) is 39.1 Å². The van der Waals surface area contributed by atoms with Gasteiger partial charge in [0.25, 0.3) is 0 Å². The number of aromatic nitrogens is 1. The summed E-state index contributed by atoms with van der Waals surface area (Å²) in [6, 6.07) is 20.5. The van der Waals surface area contributed by atoms with E-state index in [0.717, 1.165) is 6.54 Å². The normalized spacial score (nSPS) is 12.6. The first kappa shape index (κ1) is 16.1. The maximum Gasteiger partial charge on any atom is 0.213 e. The van der Waals surface area contributed by atoms with E-state index < -0.39 is 0 Å². The minimum Gasteiger partial charge on any atom is -0.194 e. The monoisotopic (exact) mass is 328 g/mol. The number of nitrogens with zero attached hydrogens (tertiary/aromatic N) is 1. The smallest absolute Gasteiger partial charge is 0.194 e. The second-order valence-corrected chi connectivity index (χ2v) is 7.78. The second-order valence-electron chi connectivity index (χ2n) is 7.78. The van der Waals surface area contributed by atoms with Crippen molar-refractivity contribution in [1.29, 1.82) is 0 Å². The van der Waals surface area contributed by atoms with Crippen LogP contribution in [0.5, 0.6) is 0 Å². The summed E-state index contributed by atoms with van der Waals surface area (Å²) < 4.78 is 2.33. The number of pyridine rings is 1. The van der Waals surface area contributed by atoms with Crippen molar-refractivity contribution in [2.45, 2.75) is 46.1 Å². The number of fused-ring (bicyclic) bond motifs is 3. The predicted molar refractivity (Wildman–Crippen MR) is 105 cm³/mol. The van der Waals surface area contributed by atoms with Gasteiger partial charge in [-0.25, -0.2) is 0 Å². The summed E-state index contributed by atoms with van der Waals surface area (Å²) in [6.07, 6.45) is 2.17. The largest absolute Gasteiger partial charge is 0.213 e. The molecule has 0 amide bonds. The van der Waals surface area contributed by atoms with Gasteiger partial charge in [0.05, 0.1) is 5.56 Å². The lowest BCUT2D eigenvalue weighted by atomic mass is 9.90. The highest BCUT2D eigenvalue weighted by Gasteiger charge is 2.25. The summed E-state index contributed by atoms with van der Waals surface area (Å²) in [5.41, 5.74) is 9.63. The Kier molecular flexibility index (Phi) is 3.95. The number of hydrogen-bond acceptors (Lipinski definition) is 0. The molecule has 2 heterocycles. The van der Waals surface area contributed by atoms with E-state index in [1.54, 1.807) is 0 Å². The van der Waals surface area contributed by atoms with E-state index in [-0.39, 0.29) is 0 Å². The van der Waals surface area contributed by atoms with Crippen LogP contribution in [0.1, 0.15) is 56.2 Å². The van der Waals surface area contributed by atoms with E-state index in [1.807, 2.05) is 0 Å². The topological polar surface area (TPSA) is 3.88 Å². The minimum absolute atomic E-state index is 0.545. The second kappa shape index (κ2) is 6.15. The molecule has 0 bridgehead atoms. The highest BCUT2D eigenvalue weighted by molar-refractivity contribution is 5.74. The van der Waals surface area contributed by atoms with Crippen LogP contribution in [0.2, 0.25) is 0 Å². The van der Waals surface area contributed by atoms with Crippen LogP contribution in [0.15, 0.2) is 60.8 Å². The first-order valence-electron chi connectivity index (χ1n) is 9.30. The van der Waals surface area contributed by atoms with Gasteiger partial charge in [-0.3, -0.25) is 0 Å². The zero-order chi connectivity index (χ0) is 17.6. The Hall–Kier alpha value is -2.41. The van der Waals surface area contributed by atoms with Gasteiger partial charge < -0.3 is 0 Å². The Morgan fingerprint density at radius 1 is 0.760 bits per heavy atom. The van der Waals surface area contributed by atoms with Gasteiger partial charge in [0, 0.05) is 17.7 Å². The molecule has 0 aliphatic carbocycles. The molecular weight excluding hydrogens is 302 g/mol. The minimum atomic E-state index is 0.545. The fourth-order valence-corrected chi connectivity index (χ4v) is 3.68. The van der Waals surface area contributed by atoms with E-state index in [4.69, 9.17) is 0 Å². The van der Waals surface area contributed by atoms with Crippen molar-refractivity contribution in [2.75, 3.05) is 0 Å². The van der Waals surface area contributed by atoms with Crippen LogP contribution in [-0.2, 0) is 6.54 Å². The molecule has 25 heavy (non-hydrogen) atoms. The summed E-state index contributed by atoms with van der Waals surface area (Å²) in [5.74, 6) is 1.09. The van der Waals surface area contributed by atoms with Crippen molar-refractivity contribution >= 4 is 0 Å². The molecule has 126 valence electrons. The first-order chi connectivity index (χ1) is 12.0. The SMILES string of the molecule is CC(C)c1cc(-c2ccc3c(c2)-c2cccc[n+]2C3)cc(C(C)C)c1. The molecule has 1 heteroatoms. The van der Waals surface area contributed by atoms with Crippen LogP contribution < -0.4 is 4.57 Å². The standard InChI is InChI=1S/C24H26N/c1-16(2)20-11-21(17(3)4)13-22(12-20)18-8-9-19-15-25-10-6-5-7-24(25)23(19)14-18/h5-14,16-17H,15H2,1-4H3/q+1. The quantitative estimate of drug-likeness (QED) is 0.411. The van der Waals surface area contributed by atoms with Crippen molar-refractivity contribution in [3.63, 3.8) is 0 Å². The van der Waals surface area contributed by atoms with Crippen molar-refractivity contribution in [3.05, 3.63) is 77.5 Å². The molecule has 1 nitrogen and oxygen atoms in total. The molecule has 0 unspecified atom stereocenters.